The van der Waals surface area contributed by atoms with Crippen LogP contribution in [0.5, 0.6) is 5.75 Å². The second-order valence-corrected chi connectivity index (χ2v) is 15.7. The van der Waals surface area contributed by atoms with E-state index in [0.29, 0.717) is 30.4 Å². The first kappa shape index (κ1) is 31.6. The number of aryl methyl sites for hydroxylation is 2. The van der Waals surface area contributed by atoms with E-state index < -0.39 is 25.5 Å². The molecular weight excluding hydrogens is 657 g/mol. The summed E-state index contributed by atoms with van der Waals surface area (Å²) < 4.78 is 76.4. The molecule has 0 saturated heterocycles. The Balaban J connectivity index is 1.71. The van der Waals surface area contributed by atoms with Crippen LogP contribution in [0.15, 0.2) is 53.1 Å². The number of fused-ring (bicyclic) bond motifs is 2. The van der Waals surface area contributed by atoms with Gasteiger partial charge in [-0.15, -0.1) is 0 Å². The van der Waals surface area contributed by atoms with Gasteiger partial charge in [-0.1, -0.05) is 0 Å². The second-order valence-electron chi connectivity index (χ2n) is 9.59. The van der Waals surface area contributed by atoms with Crippen molar-refractivity contribution < 1.29 is 35.2 Å². The molecule has 0 amide bonds. The molecule has 1 aliphatic rings. The van der Waals surface area contributed by atoms with Crippen molar-refractivity contribution >= 4 is 74.1 Å². The molecule has 0 saturated carbocycles. The zero-order chi connectivity index (χ0) is 29.9. The fourth-order valence-corrected chi connectivity index (χ4v) is 8.06. The van der Waals surface area contributed by atoms with E-state index in [-0.39, 0.29) is 33.6 Å². The van der Waals surface area contributed by atoms with Crippen molar-refractivity contribution in [1.29, 1.82) is 0 Å². The van der Waals surface area contributed by atoms with Crippen molar-refractivity contribution in [2.24, 2.45) is 0 Å². The van der Waals surface area contributed by atoms with Gasteiger partial charge in [0.2, 0.25) is 0 Å². The number of halogens is 1. The molecule has 0 bridgehead atoms. The van der Waals surface area contributed by atoms with E-state index in [1.54, 1.807) is 7.11 Å². The van der Waals surface area contributed by atoms with Crippen molar-refractivity contribution in [2.45, 2.75) is 45.0 Å². The average molecular weight is 690 g/mol. The van der Waals surface area contributed by atoms with E-state index in [1.165, 1.54) is 6.92 Å². The summed E-state index contributed by atoms with van der Waals surface area (Å²) in [6.45, 7) is 4.91. The number of hydrogen-bond donors (Lipinski definition) is 2. The first-order valence-corrected chi connectivity index (χ1v) is 18.2. The van der Waals surface area contributed by atoms with Crippen LogP contribution < -0.4 is 18.7 Å². The van der Waals surface area contributed by atoms with Crippen LogP contribution in [0.2, 0.25) is 5.02 Å². The Bertz CT molecular complexity index is 1720. The Morgan fingerprint density at radius 1 is 1.12 bits per heavy atom. The molecule has 2 N–H and O–H groups in total. The Hall–Kier alpha value is -2.38. The normalized spacial score (nSPS) is 15.8. The number of rotatable bonds is 12. The van der Waals surface area contributed by atoms with Crippen LogP contribution in [0.3, 0.4) is 0 Å². The monoisotopic (exact) mass is 690 g/mol. The van der Waals surface area contributed by atoms with E-state index in [4.69, 9.17) is 16.3 Å². The van der Waals surface area contributed by atoms with Gasteiger partial charge < -0.3 is 0 Å². The van der Waals surface area contributed by atoms with Gasteiger partial charge in [0.25, 0.3) is 0 Å². The molecular formula is C27H33ClN3O7S2Se+. The molecule has 1 aromatic heterocycles. The quantitative estimate of drug-likeness (QED) is 0.169. The van der Waals surface area contributed by atoms with Crippen molar-refractivity contribution in [3.05, 3.63) is 64.0 Å². The van der Waals surface area contributed by atoms with Crippen molar-refractivity contribution in [1.82, 2.24) is 4.57 Å². The van der Waals surface area contributed by atoms with Crippen molar-refractivity contribution in [2.75, 3.05) is 24.3 Å². The molecule has 0 radical (unpaired) electrons. The number of hydrogen-bond acceptors (Lipinski definition) is 6. The summed E-state index contributed by atoms with van der Waals surface area (Å²) in [6.07, 6.45) is 6.35. The molecule has 2 heterocycles. The number of nitrogens with zero attached hydrogens (tertiary/aromatic N) is 3. The van der Waals surface area contributed by atoms with E-state index >= 15 is 0 Å². The molecule has 1 atom stereocenters. The topological polar surface area (TPSA) is 130 Å². The predicted molar refractivity (Wildman–Crippen MR) is 162 cm³/mol. The van der Waals surface area contributed by atoms with E-state index in [9.17, 15) is 25.9 Å². The summed E-state index contributed by atoms with van der Waals surface area (Å²) >= 11 is 6.28. The van der Waals surface area contributed by atoms with E-state index in [0.717, 1.165) is 31.6 Å². The van der Waals surface area contributed by atoms with Gasteiger partial charge in [-0.3, -0.25) is 0 Å². The van der Waals surface area contributed by atoms with Gasteiger partial charge in [0.1, 0.15) is 0 Å². The molecule has 0 fully saturated rings. The predicted octanol–water partition coefficient (Wildman–Crippen LogP) is 3.26. The maximum absolute atomic E-state index is 11.7. The van der Waals surface area contributed by atoms with Crippen LogP contribution in [-0.4, -0.2) is 70.1 Å². The van der Waals surface area contributed by atoms with Crippen molar-refractivity contribution in [3.63, 3.8) is 0 Å². The zero-order valence-corrected chi connectivity index (χ0v) is 27.0. The van der Waals surface area contributed by atoms with Gasteiger partial charge in [0.15, 0.2) is 0 Å². The zero-order valence-electron chi connectivity index (χ0n) is 22.9. The first-order chi connectivity index (χ1) is 19.3. The molecule has 14 heteroatoms. The van der Waals surface area contributed by atoms with Crippen LogP contribution in [0.1, 0.15) is 32.5 Å². The summed E-state index contributed by atoms with van der Waals surface area (Å²) in [6, 6.07) is 11.4. The summed E-state index contributed by atoms with van der Waals surface area (Å²) in [5.74, 6) is 1.20. The molecule has 10 nitrogen and oxygen atoms in total. The van der Waals surface area contributed by atoms with Crippen LogP contribution >= 0.6 is 11.6 Å². The second kappa shape index (κ2) is 12.9. The number of benzene rings is 2. The molecule has 0 aliphatic carbocycles. The number of imidazole rings is 1. The van der Waals surface area contributed by atoms with Crippen molar-refractivity contribution in [3.8, 4) is 5.75 Å². The molecule has 1 aliphatic heterocycles. The summed E-state index contributed by atoms with van der Waals surface area (Å²) in [5.41, 5.74) is 2.75. The summed E-state index contributed by atoms with van der Waals surface area (Å²) in [4.78, 5) is 2.06. The Kier molecular flexibility index (Phi) is 9.90. The molecule has 2 aromatic carbocycles. The minimum absolute atomic E-state index is 0.0457. The van der Waals surface area contributed by atoms with Gasteiger partial charge in [-0.25, -0.2) is 0 Å². The Morgan fingerprint density at radius 2 is 1.88 bits per heavy atom. The van der Waals surface area contributed by atoms with Gasteiger partial charge in [0.05, 0.1) is 0 Å². The van der Waals surface area contributed by atoms with Gasteiger partial charge in [-0.2, -0.15) is 0 Å². The third-order valence-corrected chi connectivity index (χ3v) is 11.5. The SMILES string of the molecule is CC[n+]1c(C=CC=C2[Se]c3ccc(OC)cc3N2CCCS(=O)(=O)O)n(CCC(C)S(=O)(=O)O)c2cc(Cl)ccc21. The fraction of sp³-hybridized carbons (Fsp3) is 0.370. The van der Waals surface area contributed by atoms with Gasteiger partial charge in [0, 0.05) is 0 Å². The van der Waals surface area contributed by atoms with Gasteiger partial charge in [-0.05, 0) is 0 Å². The maximum atomic E-state index is 11.7. The third kappa shape index (κ3) is 7.53. The van der Waals surface area contributed by atoms with Crippen LogP contribution in [0.25, 0.3) is 17.1 Å². The number of aromatic nitrogens is 2. The standard InChI is InChI=1S/C27H32ClN3O7S2Se/c1-4-29-22-11-9-20(28)17-23(22)30(15-13-19(2)40(35,36)37)26(29)7-5-8-27-31(14-6-16-39(32,33)34)24-18-21(38-3)10-12-25(24)41-27/h5,7-12,17-19H,4,6,13-16H2,1-3H3,(H-,32,33,34,35,36,37)/p+1. The van der Waals surface area contributed by atoms with Crippen LogP contribution in [0, 0.1) is 0 Å². The molecule has 41 heavy (non-hydrogen) atoms. The Labute approximate surface area is 251 Å². The van der Waals surface area contributed by atoms with E-state index in [2.05, 4.69) is 9.47 Å². The summed E-state index contributed by atoms with van der Waals surface area (Å²) in [7, 11) is -6.65. The number of anilines is 1. The minimum atomic E-state index is -4.17. The van der Waals surface area contributed by atoms with Gasteiger partial charge >= 0.3 is 253 Å². The number of allylic oxidation sites excluding steroid dienone is 2. The first-order valence-electron chi connectivity index (χ1n) is 13.0. The molecule has 4 rings (SSSR count). The third-order valence-electron chi connectivity index (χ3n) is 6.86. The number of methoxy groups -OCH3 is 1. The molecule has 0 spiro atoms. The fourth-order valence-electron chi connectivity index (χ4n) is 4.72. The summed E-state index contributed by atoms with van der Waals surface area (Å²) in [5, 5.41) is -0.372. The average Bonchev–Trinajstić information content (AvgIpc) is 3.39. The number of ether oxygens (including phenoxy) is 1. The van der Waals surface area contributed by atoms with Crippen LogP contribution in [-0.2, 0) is 33.3 Å². The molecule has 3 aromatic rings. The van der Waals surface area contributed by atoms with Crippen LogP contribution in [0.4, 0.5) is 5.69 Å². The molecule has 222 valence electrons. The molecule has 1 unspecified atom stereocenters. The van der Waals surface area contributed by atoms with E-state index in [1.807, 2.05) is 66.1 Å². The Morgan fingerprint density at radius 3 is 2.54 bits per heavy atom.